The molecule has 90 valence electrons. The van der Waals surface area contributed by atoms with Crippen LogP contribution in [-0.4, -0.2) is 38.3 Å². The molecule has 0 amide bonds. The Morgan fingerprint density at radius 2 is 2.31 bits per heavy atom. The fraction of sp³-hybridized carbons (Fsp3) is 0.727. The number of aromatic nitrogens is 1. The van der Waals surface area contributed by atoms with Crippen molar-refractivity contribution in [2.75, 3.05) is 38.3 Å². The van der Waals surface area contributed by atoms with Crippen LogP contribution in [0.25, 0.3) is 0 Å². The van der Waals surface area contributed by atoms with Crippen LogP contribution in [0.3, 0.4) is 0 Å². The molecule has 4 nitrogen and oxygen atoms in total. The van der Waals surface area contributed by atoms with Crippen molar-refractivity contribution in [3.8, 4) is 0 Å². The summed E-state index contributed by atoms with van der Waals surface area (Å²) in [6.07, 6.45) is 2.61. The molecule has 1 aliphatic rings. The molecule has 0 saturated carbocycles. The van der Waals surface area contributed by atoms with Crippen LogP contribution in [0, 0.1) is 0 Å². The van der Waals surface area contributed by atoms with Gasteiger partial charge in [-0.25, -0.2) is 4.98 Å². The van der Waals surface area contributed by atoms with Crippen molar-refractivity contribution in [2.45, 2.75) is 19.4 Å². The summed E-state index contributed by atoms with van der Waals surface area (Å²) in [6.45, 7) is 4.82. The topological polar surface area (TPSA) is 37.4 Å². The van der Waals surface area contributed by atoms with E-state index >= 15 is 0 Å². The minimum atomic E-state index is 0.753. The maximum absolute atomic E-state index is 4.98. The molecular weight excluding hydrogens is 222 g/mol. The van der Waals surface area contributed by atoms with E-state index in [0.717, 1.165) is 25.4 Å². The zero-order valence-corrected chi connectivity index (χ0v) is 10.6. The zero-order chi connectivity index (χ0) is 11.2. The largest absolute Gasteiger partial charge is 0.383 e. The van der Waals surface area contributed by atoms with Crippen LogP contribution in [0.1, 0.15) is 18.5 Å². The summed E-state index contributed by atoms with van der Waals surface area (Å²) in [5.41, 5.74) is 1.14. The van der Waals surface area contributed by atoms with Gasteiger partial charge in [-0.3, -0.25) is 0 Å². The molecule has 1 saturated heterocycles. The number of nitrogens with zero attached hydrogens (tertiary/aromatic N) is 2. The number of nitrogens with one attached hydrogen (secondary N) is 1. The fourth-order valence-corrected chi connectivity index (χ4v) is 2.70. The van der Waals surface area contributed by atoms with Crippen molar-refractivity contribution in [3.05, 3.63) is 11.1 Å². The molecule has 0 spiro atoms. The van der Waals surface area contributed by atoms with Crippen molar-refractivity contribution < 1.29 is 4.74 Å². The zero-order valence-electron chi connectivity index (χ0n) is 9.74. The number of anilines is 1. The third-order valence-corrected chi connectivity index (χ3v) is 3.66. The lowest BCUT2D eigenvalue weighted by atomic mass is 10.4. The normalized spacial score (nSPS) is 15.9. The predicted octanol–water partition coefficient (Wildman–Crippen LogP) is 1.48. The SMILES string of the molecule is COCCNCc1csc(N2CCCC2)n1. The molecule has 0 unspecified atom stereocenters. The predicted molar refractivity (Wildman–Crippen MR) is 67.1 cm³/mol. The standard InChI is InChI=1S/C11H19N3OS/c1-15-7-4-12-8-10-9-16-11(13-10)14-5-2-3-6-14/h9,12H,2-8H2,1H3. The third-order valence-electron chi connectivity index (χ3n) is 2.71. The molecule has 0 radical (unpaired) electrons. The Balaban J connectivity index is 1.77. The van der Waals surface area contributed by atoms with Crippen molar-refractivity contribution in [2.24, 2.45) is 0 Å². The third kappa shape index (κ3) is 3.17. The van der Waals surface area contributed by atoms with E-state index in [0.29, 0.717) is 0 Å². The summed E-state index contributed by atoms with van der Waals surface area (Å²) >= 11 is 1.75. The lowest BCUT2D eigenvalue weighted by Crippen LogP contribution is -2.19. The highest BCUT2D eigenvalue weighted by Crippen LogP contribution is 2.24. The lowest BCUT2D eigenvalue weighted by Gasteiger charge is -2.12. The van der Waals surface area contributed by atoms with Crippen LogP contribution in [0.4, 0.5) is 5.13 Å². The molecule has 1 N–H and O–H groups in total. The Bertz CT molecular complexity index is 310. The van der Waals surface area contributed by atoms with Crippen LogP contribution in [0.2, 0.25) is 0 Å². The number of ether oxygens (including phenoxy) is 1. The summed E-state index contributed by atoms with van der Waals surface area (Å²) in [7, 11) is 1.72. The van der Waals surface area contributed by atoms with Gasteiger partial charge >= 0.3 is 0 Å². The van der Waals surface area contributed by atoms with Gasteiger partial charge in [0.1, 0.15) is 0 Å². The highest BCUT2D eigenvalue weighted by molar-refractivity contribution is 7.13. The Labute approximate surface area is 101 Å². The van der Waals surface area contributed by atoms with Crippen LogP contribution >= 0.6 is 11.3 Å². The van der Waals surface area contributed by atoms with Crippen molar-refractivity contribution >= 4 is 16.5 Å². The van der Waals surface area contributed by atoms with Gasteiger partial charge in [0.05, 0.1) is 12.3 Å². The summed E-state index contributed by atoms with van der Waals surface area (Å²) in [5, 5.41) is 6.63. The van der Waals surface area contributed by atoms with E-state index in [1.54, 1.807) is 18.4 Å². The van der Waals surface area contributed by atoms with E-state index < -0.39 is 0 Å². The molecule has 2 heterocycles. The van der Waals surface area contributed by atoms with Gasteiger partial charge in [-0.2, -0.15) is 0 Å². The molecule has 1 aliphatic heterocycles. The van der Waals surface area contributed by atoms with Crippen LogP contribution in [-0.2, 0) is 11.3 Å². The second kappa shape index (κ2) is 6.18. The van der Waals surface area contributed by atoms with Gasteiger partial charge in [-0.15, -0.1) is 11.3 Å². The van der Waals surface area contributed by atoms with Crippen molar-refractivity contribution in [3.63, 3.8) is 0 Å². The van der Waals surface area contributed by atoms with Gasteiger partial charge in [0, 0.05) is 38.7 Å². The number of hydrogen-bond donors (Lipinski definition) is 1. The molecule has 0 bridgehead atoms. The number of rotatable bonds is 6. The molecular formula is C11H19N3OS. The van der Waals surface area contributed by atoms with Crippen LogP contribution in [0.15, 0.2) is 5.38 Å². The number of hydrogen-bond acceptors (Lipinski definition) is 5. The first-order chi connectivity index (χ1) is 7.90. The Morgan fingerprint density at radius 1 is 1.50 bits per heavy atom. The van der Waals surface area contributed by atoms with Gasteiger partial charge in [0.25, 0.3) is 0 Å². The highest BCUT2D eigenvalue weighted by Gasteiger charge is 2.15. The van der Waals surface area contributed by atoms with Gasteiger partial charge in [-0.05, 0) is 12.8 Å². The maximum atomic E-state index is 4.98. The van der Waals surface area contributed by atoms with E-state index in [1.807, 2.05) is 0 Å². The van der Waals surface area contributed by atoms with Crippen molar-refractivity contribution in [1.82, 2.24) is 10.3 Å². The first kappa shape index (κ1) is 11.8. The van der Waals surface area contributed by atoms with Crippen LogP contribution < -0.4 is 10.2 Å². The van der Waals surface area contributed by atoms with Gasteiger partial charge < -0.3 is 15.0 Å². The second-order valence-corrected chi connectivity index (χ2v) is 4.82. The smallest absolute Gasteiger partial charge is 0.185 e. The molecule has 16 heavy (non-hydrogen) atoms. The maximum Gasteiger partial charge on any atom is 0.185 e. The molecule has 0 atom stereocenters. The summed E-state index contributed by atoms with van der Waals surface area (Å²) in [4.78, 5) is 7.01. The molecule has 5 heteroatoms. The van der Waals surface area contributed by atoms with Crippen molar-refractivity contribution in [1.29, 1.82) is 0 Å². The van der Waals surface area contributed by atoms with Gasteiger partial charge in [0.15, 0.2) is 5.13 Å². The van der Waals surface area contributed by atoms with E-state index in [1.165, 1.54) is 31.1 Å². The summed E-state index contributed by atoms with van der Waals surface area (Å²) in [5.74, 6) is 0. The Kier molecular flexibility index (Phi) is 4.56. The second-order valence-electron chi connectivity index (χ2n) is 3.99. The molecule has 0 aromatic carbocycles. The molecule has 1 fully saturated rings. The number of thiazole rings is 1. The average molecular weight is 241 g/mol. The van der Waals surface area contributed by atoms with E-state index in [2.05, 4.69) is 20.6 Å². The van der Waals surface area contributed by atoms with Gasteiger partial charge in [0.2, 0.25) is 0 Å². The lowest BCUT2D eigenvalue weighted by molar-refractivity contribution is 0.199. The Hall–Kier alpha value is -0.650. The van der Waals surface area contributed by atoms with Gasteiger partial charge in [-0.1, -0.05) is 0 Å². The van der Waals surface area contributed by atoms with Crippen LogP contribution in [0.5, 0.6) is 0 Å². The molecule has 1 aromatic rings. The summed E-state index contributed by atoms with van der Waals surface area (Å²) in [6, 6.07) is 0. The number of methoxy groups -OCH3 is 1. The molecule has 2 rings (SSSR count). The Morgan fingerprint density at radius 3 is 3.06 bits per heavy atom. The first-order valence-corrected chi connectivity index (χ1v) is 6.67. The quantitative estimate of drug-likeness (QED) is 0.766. The molecule has 0 aliphatic carbocycles. The minimum Gasteiger partial charge on any atom is -0.383 e. The van der Waals surface area contributed by atoms with E-state index in [9.17, 15) is 0 Å². The minimum absolute atomic E-state index is 0.753. The van der Waals surface area contributed by atoms with E-state index in [4.69, 9.17) is 4.74 Å². The first-order valence-electron chi connectivity index (χ1n) is 5.79. The summed E-state index contributed by atoms with van der Waals surface area (Å²) < 4.78 is 4.98. The molecule has 1 aromatic heterocycles. The average Bonchev–Trinajstić information content (AvgIpc) is 2.94. The monoisotopic (exact) mass is 241 g/mol. The highest BCUT2D eigenvalue weighted by atomic mass is 32.1. The van der Waals surface area contributed by atoms with E-state index in [-0.39, 0.29) is 0 Å². The fourth-order valence-electron chi connectivity index (χ4n) is 1.82.